The van der Waals surface area contributed by atoms with Gasteiger partial charge in [0.25, 0.3) is 0 Å². The third-order valence-corrected chi connectivity index (χ3v) is 3.20. The highest BCUT2D eigenvalue weighted by atomic mass is 35.5. The van der Waals surface area contributed by atoms with Gasteiger partial charge in [0.05, 0.1) is 11.9 Å². The number of nitrogens with one attached hydrogen (secondary N) is 1. The molecule has 0 aromatic carbocycles. The van der Waals surface area contributed by atoms with Crippen LogP contribution in [0.2, 0.25) is 5.15 Å². The molecule has 1 heterocycles. The van der Waals surface area contributed by atoms with Crippen LogP contribution < -0.4 is 5.32 Å². The molecule has 2 atom stereocenters. The summed E-state index contributed by atoms with van der Waals surface area (Å²) < 4.78 is 0. The summed E-state index contributed by atoms with van der Waals surface area (Å²) in [6, 6.07) is 4.33. The number of pyridine rings is 1. The molecule has 1 rings (SSSR count). The van der Waals surface area contributed by atoms with Gasteiger partial charge in [0.2, 0.25) is 0 Å². The molecule has 90 valence electrons. The van der Waals surface area contributed by atoms with Crippen LogP contribution in [0, 0.1) is 5.92 Å². The van der Waals surface area contributed by atoms with Gasteiger partial charge in [0.1, 0.15) is 5.15 Å². The Morgan fingerprint density at radius 3 is 2.56 bits per heavy atom. The first-order valence-electron chi connectivity index (χ1n) is 6.03. The Kier molecular flexibility index (Phi) is 5.61. The minimum atomic E-state index is 0.526. The molecule has 0 saturated carbocycles. The highest BCUT2D eigenvalue weighted by Gasteiger charge is 2.10. The third kappa shape index (κ3) is 4.40. The van der Waals surface area contributed by atoms with Crippen LogP contribution in [0.15, 0.2) is 18.3 Å². The van der Waals surface area contributed by atoms with Gasteiger partial charge < -0.3 is 5.32 Å². The van der Waals surface area contributed by atoms with Crippen molar-refractivity contribution in [2.24, 2.45) is 5.92 Å². The average Bonchev–Trinajstić information content (AvgIpc) is 2.30. The summed E-state index contributed by atoms with van der Waals surface area (Å²) in [4.78, 5) is 4.07. The molecular formula is C13H21ClN2. The summed E-state index contributed by atoms with van der Waals surface area (Å²) in [6.45, 7) is 6.75. The van der Waals surface area contributed by atoms with Gasteiger partial charge in [-0.2, -0.15) is 0 Å². The Morgan fingerprint density at radius 1 is 1.31 bits per heavy atom. The second kappa shape index (κ2) is 6.74. The fourth-order valence-electron chi connectivity index (χ4n) is 1.68. The second-order valence-corrected chi connectivity index (χ2v) is 4.76. The maximum Gasteiger partial charge on any atom is 0.129 e. The molecule has 2 unspecified atom stereocenters. The molecule has 16 heavy (non-hydrogen) atoms. The van der Waals surface area contributed by atoms with E-state index in [0.717, 1.165) is 18.0 Å². The lowest BCUT2D eigenvalue weighted by Gasteiger charge is -2.21. The molecule has 0 aliphatic rings. The van der Waals surface area contributed by atoms with Crippen LogP contribution in [-0.2, 0) is 0 Å². The van der Waals surface area contributed by atoms with Gasteiger partial charge in [-0.25, -0.2) is 4.98 Å². The van der Waals surface area contributed by atoms with Crippen LogP contribution >= 0.6 is 11.6 Å². The highest BCUT2D eigenvalue weighted by Crippen LogP contribution is 2.17. The third-order valence-electron chi connectivity index (χ3n) is 2.97. The molecule has 0 fully saturated rings. The van der Waals surface area contributed by atoms with E-state index in [0.29, 0.717) is 11.2 Å². The van der Waals surface area contributed by atoms with Gasteiger partial charge in [-0.3, -0.25) is 0 Å². The van der Waals surface area contributed by atoms with Gasteiger partial charge in [-0.1, -0.05) is 38.8 Å². The number of nitrogens with zero attached hydrogens (tertiary/aromatic N) is 1. The Balaban J connectivity index is 2.52. The summed E-state index contributed by atoms with van der Waals surface area (Å²) in [7, 11) is 0. The van der Waals surface area contributed by atoms with Crippen molar-refractivity contribution in [3.8, 4) is 0 Å². The van der Waals surface area contributed by atoms with Crippen LogP contribution in [0.3, 0.4) is 0 Å². The van der Waals surface area contributed by atoms with Crippen molar-refractivity contribution in [3.05, 3.63) is 23.5 Å². The molecule has 0 aliphatic heterocycles. The van der Waals surface area contributed by atoms with E-state index in [1.165, 1.54) is 12.8 Å². The lowest BCUT2D eigenvalue weighted by molar-refractivity contribution is 0.462. The predicted octanol–water partition coefficient (Wildman–Crippen LogP) is 4.36. The van der Waals surface area contributed by atoms with E-state index in [4.69, 9.17) is 11.6 Å². The quantitative estimate of drug-likeness (QED) is 0.748. The van der Waals surface area contributed by atoms with Crippen molar-refractivity contribution in [3.63, 3.8) is 0 Å². The zero-order valence-electron chi connectivity index (χ0n) is 10.3. The van der Waals surface area contributed by atoms with E-state index < -0.39 is 0 Å². The van der Waals surface area contributed by atoms with E-state index in [1.54, 1.807) is 6.20 Å². The van der Waals surface area contributed by atoms with Crippen molar-refractivity contribution in [1.29, 1.82) is 0 Å². The summed E-state index contributed by atoms with van der Waals surface area (Å²) in [5, 5.41) is 4.04. The molecule has 0 aliphatic carbocycles. The Labute approximate surface area is 103 Å². The molecule has 0 radical (unpaired) electrons. The molecule has 1 aromatic rings. The number of aromatic nitrogens is 1. The molecule has 3 heteroatoms. The van der Waals surface area contributed by atoms with E-state index in [1.807, 2.05) is 12.1 Å². The van der Waals surface area contributed by atoms with E-state index in [2.05, 4.69) is 31.1 Å². The van der Waals surface area contributed by atoms with Gasteiger partial charge in [-0.05, 0) is 30.9 Å². The standard InChI is InChI=1S/C13H21ClN2/c1-4-10(3)8-11(5-2)16-12-6-7-13(14)15-9-12/h6-7,9-11,16H,4-5,8H2,1-3H3. The number of hydrogen-bond donors (Lipinski definition) is 1. The smallest absolute Gasteiger partial charge is 0.129 e. The first-order chi connectivity index (χ1) is 7.65. The summed E-state index contributed by atoms with van der Waals surface area (Å²) in [5.41, 5.74) is 1.06. The zero-order valence-corrected chi connectivity index (χ0v) is 11.1. The normalized spacial score (nSPS) is 14.5. The molecular weight excluding hydrogens is 220 g/mol. The first kappa shape index (κ1) is 13.3. The lowest BCUT2D eigenvalue weighted by Crippen LogP contribution is -2.21. The Bertz CT molecular complexity index is 297. The van der Waals surface area contributed by atoms with Gasteiger partial charge in [0, 0.05) is 6.04 Å². The van der Waals surface area contributed by atoms with Crippen LogP contribution in [0.5, 0.6) is 0 Å². The zero-order chi connectivity index (χ0) is 12.0. The minimum absolute atomic E-state index is 0.526. The maximum absolute atomic E-state index is 5.75. The average molecular weight is 241 g/mol. The number of rotatable bonds is 6. The number of hydrogen-bond acceptors (Lipinski definition) is 2. The number of anilines is 1. The van der Waals surface area contributed by atoms with Crippen molar-refractivity contribution in [2.45, 2.75) is 46.1 Å². The van der Waals surface area contributed by atoms with Gasteiger partial charge in [-0.15, -0.1) is 0 Å². The predicted molar refractivity (Wildman–Crippen MR) is 71.0 cm³/mol. The molecule has 2 nitrogen and oxygen atoms in total. The monoisotopic (exact) mass is 240 g/mol. The van der Waals surface area contributed by atoms with Crippen molar-refractivity contribution >= 4 is 17.3 Å². The molecule has 0 amide bonds. The topological polar surface area (TPSA) is 24.9 Å². The Morgan fingerprint density at radius 2 is 2.06 bits per heavy atom. The van der Waals surface area contributed by atoms with E-state index in [-0.39, 0.29) is 0 Å². The van der Waals surface area contributed by atoms with Crippen LogP contribution in [0.1, 0.15) is 40.0 Å². The van der Waals surface area contributed by atoms with Crippen molar-refractivity contribution < 1.29 is 0 Å². The minimum Gasteiger partial charge on any atom is -0.381 e. The van der Waals surface area contributed by atoms with Crippen LogP contribution in [0.25, 0.3) is 0 Å². The highest BCUT2D eigenvalue weighted by molar-refractivity contribution is 6.29. The fraction of sp³-hybridized carbons (Fsp3) is 0.615. The molecule has 0 bridgehead atoms. The molecule has 1 aromatic heterocycles. The van der Waals surface area contributed by atoms with E-state index >= 15 is 0 Å². The maximum atomic E-state index is 5.75. The summed E-state index contributed by atoms with van der Waals surface area (Å²) >= 11 is 5.75. The molecule has 0 spiro atoms. The summed E-state index contributed by atoms with van der Waals surface area (Å²) in [5.74, 6) is 0.762. The van der Waals surface area contributed by atoms with Crippen molar-refractivity contribution in [1.82, 2.24) is 4.98 Å². The second-order valence-electron chi connectivity index (χ2n) is 4.37. The fourth-order valence-corrected chi connectivity index (χ4v) is 1.79. The van der Waals surface area contributed by atoms with E-state index in [9.17, 15) is 0 Å². The first-order valence-corrected chi connectivity index (χ1v) is 6.41. The molecule has 0 saturated heterocycles. The van der Waals surface area contributed by atoms with Gasteiger partial charge in [0.15, 0.2) is 0 Å². The van der Waals surface area contributed by atoms with Crippen LogP contribution in [0.4, 0.5) is 5.69 Å². The van der Waals surface area contributed by atoms with Crippen molar-refractivity contribution in [2.75, 3.05) is 5.32 Å². The largest absolute Gasteiger partial charge is 0.381 e. The summed E-state index contributed by atoms with van der Waals surface area (Å²) in [6.07, 6.45) is 5.36. The van der Waals surface area contributed by atoms with Gasteiger partial charge >= 0.3 is 0 Å². The Hall–Kier alpha value is -0.760. The lowest BCUT2D eigenvalue weighted by atomic mass is 9.98. The van der Waals surface area contributed by atoms with Crippen LogP contribution in [-0.4, -0.2) is 11.0 Å². The number of halogens is 1. The SMILES string of the molecule is CCC(C)CC(CC)Nc1ccc(Cl)nc1. The molecule has 1 N–H and O–H groups in total.